The minimum absolute atomic E-state index is 0.893. The van der Waals surface area contributed by atoms with Crippen LogP contribution in [0, 0.1) is 13.8 Å². The summed E-state index contributed by atoms with van der Waals surface area (Å²) in [5.74, 6) is 0. The minimum atomic E-state index is 0.893. The summed E-state index contributed by atoms with van der Waals surface area (Å²) in [5.41, 5.74) is 4.90. The van der Waals surface area contributed by atoms with E-state index in [1.54, 1.807) is 0 Å². The fourth-order valence-corrected chi connectivity index (χ4v) is 2.19. The second kappa shape index (κ2) is 4.94. The van der Waals surface area contributed by atoms with Gasteiger partial charge in [0.1, 0.15) is 0 Å². The topological polar surface area (TPSA) is 38.9 Å². The van der Waals surface area contributed by atoms with Gasteiger partial charge >= 0.3 is 0 Å². The van der Waals surface area contributed by atoms with Gasteiger partial charge in [0.2, 0.25) is 0 Å². The maximum Gasteiger partial charge on any atom is 0.0945 e. The first-order valence-corrected chi connectivity index (χ1v) is 6.12. The average Bonchev–Trinajstić information content (AvgIpc) is 2.79. The molecule has 98 valence electrons. The third-order valence-electron chi connectivity index (χ3n) is 3.44. The molecule has 0 saturated heterocycles. The summed E-state index contributed by atoms with van der Waals surface area (Å²) >= 11 is 0. The van der Waals surface area contributed by atoms with Gasteiger partial charge in [0.05, 0.1) is 17.7 Å². The molecule has 0 spiro atoms. The lowest BCUT2D eigenvalue weighted by Crippen LogP contribution is -2.19. The molecule has 0 aliphatic heterocycles. The van der Waals surface area contributed by atoms with Gasteiger partial charge in [-0.05, 0) is 20.9 Å². The predicted octanol–water partition coefficient (Wildman–Crippen LogP) is 1.40. The van der Waals surface area contributed by atoms with Crippen molar-refractivity contribution >= 4 is 0 Å². The molecule has 0 N–H and O–H groups in total. The molecule has 0 unspecified atom stereocenters. The Kier molecular flexibility index (Phi) is 3.52. The first kappa shape index (κ1) is 12.8. The molecule has 2 heterocycles. The second-order valence-electron chi connectivity index (χ2n) is 4.94. The van der Waals surface area contributed by atoms with E-state index >= 15 is 0 Å². The zero-order chi connectivity index (χ0) is 13.3. The number of nitrogens with zero attached hydrogens (tertiary/aromatic N) is 5. The summed E-state index contributed by atoms with van der Waals surface area (Å²) < 4.78 is 4.00. The Labute approximate surface area is 108 Å². The highest BCUT2D eigenvalue weighted by Crippen LogP contribution is 2.15. The van der Waals surface area contributed by atoms with Gasteiger partial charge in [0, 0.05) is 44.6 Å². The lowest BCUT2D eigenvalue weighted by atomic mass is 10.2. The van der Waals surface area contributed by atoms with Gasteiger partial charge < -0.3 is 4.57 Å². The van der Waals surface area contributed by atoms with E-state index in [2.05, 4.69) is 40.4 Å². The molecular formula is C13H21N5. The minimum Gasteiger partial charge on any atom is -0.337 e. The largest absolute Gasteiger partial charge is 0.337 e. The Hall–Kier alpha value is -1.62. The number of imidazole rings is 1. The van der Waals surface area contributed by atoms with Crippen LogP contribution in [0.3, 0.4) is 0 Å². The molecule has 2 rings (SSSR count). The molecule has 2 aromatic rings. The van der Waals surface area contributed by atoms with Crippen LogP contribution in [0.25, 0.3) is 0 Å². The highest BCUT2D eigenvalue weighted by atomic mass is 15.3. The summed E-state index contributed by atoms with van der Waals surface area (Å²) in [6, 6.07) is 0. The Morgan fingerprint density at radius 1 is 1.22 bits per heavy atom. The van der Waals surface area contributed by atoms with E-state index in [9.17, 15) is 0 Å². The van der Waals surface area contributed by atoms with Crippen molar-refractivity contribution < 1.29 is 0 Å². The van der Waals surface area contributed by atoms with Gasteiger partial charge in [-0.2, -0.15) is 5.10 Å². The summed E-state index contributed by atoms with van der Waals surface area (Å²) in [4.78, 5) is 6.43. The second-order valence-corrected chi connectivity index (χ2v) is 4.94. The Morgan fingerprint density at radius 3 is 2.44 bits per heavy atom. The monoisotopic (exact) mass is 247 g/mol. The maximum absolute atomic E-state index is 4.45. The quantitative estimate of drug-likeness (QED) is 0.820. The van der Waals surface area contributed by atoms with Crippen LogP contribution in [-0.2, 0) is 27.2 Å². The molecule has 0 aliphatic rings. The maximum atomic E-state index is 4.45. The molecule has 5 nitrogen and oxygen atoms in total. The van der Waals surface area contributed by atoms with Crippen LogP contribution in [0.2, 0.25) is 0 Å². The van der Waals surface area contributed by atoms with Crippen molar-refractivity contribution in [3.63, 3.8) is 0 Å². The van der Waals surface area contributed by atoms with Gasteiger partial charge in [-0.1, -0.05) is 0 Å². The number of aromatic nitrogens is 4. The number of hydrogen-bond donors (Lipinski definition) is 0. The summed E-state index contributed by atoms with van der Waals surface area (Å²) in [6.07, 6.45) is 3.75. The highest BCUT2D eigenvalue weighted by molar-refractivity contribution is 5.24. The fourth-order valence-electron chi connectivity index (χ4n) is 2.19. The van der Waals surface area contributed by atoms with Crippen molar-refractivity contribution in [2.75, 3.05) is 7.05 Å². The van der Waals surface area contributed by atoms with Crippen molar-refractivity contribution in [2.45, 2.75) is 26.9 Å². The predicted molar refractivity (Wildman–Crippen MR) is 71.1 cm³/mol. The first-order chi connectivity index (χ1) is 8.49. The molecule has 0 saturated carbocycles. The smallest absolute Gasteiger partial charge is 0.0945 e. The summed E-state index contributed by atoms with van der Waals surface area (Å²) in [6.45, 7) is 5.99. The molecule has 0 aliphatic carbocycles. The number of rotatable bonds is 4. The zero-order valence-electron chi connectivity index (χ0n) is 11.8. The van der Waals surface area contributed by atoms with Gasteiger partial charge in [-0.3, -0.25) is 9.58 Å². The lowest BCUT2D eigenvalue weighted by Gasteiger charge is -2.17. The molecule has 0 radical (unpaired) electrons. The molecule has 0 fully saturated rings. The van der Waals surface area contributed by atoms with Crippen LogP contribution in [0.5, 0.6) is 0 Å². The van der Waals surface area contributed by atoms with Gasteiger partial charge in [0.25, 0.3) is 0 Å². The molecule has 0 aromatic carbocycles. The lowest BCUT2D eigenvalue weighted by molar-refractivity contribution is 0.310. The molecule has 5 heteroatoms. The van der Waals surface area contributed by atoms with E-state index in [4.69, 9.17) is 0 Å². The Morgan fingerprint density at radius 2 is 1.94 bits per heavy atom. The van der Waals surface area contributed by atoms with Crippen LogP contribution in [0.1, 0.15) is 22.6 Å². The highest BCUT2D eigenvalue weighted by Gasteiger charge is 2.12. The third-order valence-corrected chi connectivity index (χ3v) is 3.44. The average molecular weight is 247 g/mol. The number of aryl methyl sites for hydroxylation is 3. The normalized spacial score (nSPS) is 11.4. The van der Waals surface area contributed by atoms with E-state index in [1.165, 1.54) is 17.0 Å². The van der Waals surface area contributed by atoms with Crippen LogP contribution >= 0.6 is 0 Å². The Balaban J connectivity index is 2.07. The van der Waals surface area contributed by atoms with E-state index < -0.39 is 0 Å². The van der Waals surface area contributed by atoms with Crippen LogP contribution in [-0.4, -0.2) is 31.3 Å². The molecule has 0 amide bonds. The van der Waals surface area contributed by atoms with Crippen molar-refractivity contribution in [2.24, 2.45) is 14.1 Å². The van der Waals surface area contributed by atoms with Gasteiger partial charge in [-0.15, -0.1) is 0 Å². The Bertz CT molecular complexity index is 538. The molecule has 2 aromatic heterocycles. The van der Waals surface area contributed by atoms with Gasteiger partial charge in [0.15, 0.2) is 0 Å². The zero-order valence-corrected chi connectivity index (χ0v) is 11.8. The van der Waals surface area contributed by atoms with Crippen LogP contribution in [0.4, 0.5) is 0 Å². The summed E-state index contributed by atoms with van der Waals surface area (Å²) in [5, 5.41) is 4.45. The van der Waals surface area contributed by atoms with Gasteiger partial charge in [-0.25, -0.2) is 4.98 Å². The van der Waals surface area contributed by atoms with Crippen molar-refractivity contribution in [1.82, 2.24) is 24.2 Å². The van der Waals surface area contributed by atoms with Crippen LogP contribution < -0.4 is 0 Å². The fraction of sp³-hybridized carbons (Fsp3) is 0.538. The number of hydrogen-bond acceptors (Lipinski definition) is 3. The molecule has 0 atom stereocenters. The first-order valence-electron chi connectivity index (χ1n) is 6.12. The van der Waals surface area contributed by atoms with E-state index in [0.717, 1.165) is 18.8 Å². The van der Waals surface area contributed by atoms with Crippen molar-refractivity contribution in [1.29, 1.82) is 0 Å². The molecule has 18 heavy (non-hydrogen) atoms. The van der Waals surface area contributed by atoms with E-state index in [-0.39, 0.29) is 0 Å². The van der Waals surface area contributed by atoms with E-state index in [0.29, 0.717) is 0 Å². The SMILES string of the molecule is Cc1nn(C)c(C)c1CN(C)Cc1cncn1C. The standard InChI is InChI=1S/C13H21N5/c1-10-13(11(2)18(5)15-10)8-16(3)7-12-6-14-9-17(12)4/h6,9H,7-8H2,1-5H3. The third kappa shape index (κ3) is 2.46. The molecular weight excluding hydrogens is 226 g/mol. The van der Waals surface area contributed by atoms with E-state index in [1.807, 2.05) is 31.3 Å². The van der Waals surface area contributed by atoms with Crippen molar-refractivity contribution in [3.05, 3.63) is 35.2 Å². The molecule has 0 bridgehead atoms. The van der Waals surface area contributed by atoms with Crippen LogP contribution in [0.15, 0.2) is 12.5 Å². The summed E-state index contributed by atoms with van der Waals surface area (Å²) in [7, 11) is 6.14. The van der Waals surface area contributed by atoms with Crippen molar-refractivity contribution in [3.8, 4) is 0 Å².